The van der Waals surface area contributed by atoms with E-state index in [-0.39, 0.29) is 11.5 Å². The fraction of sp³-hybridized carbons (Fsp3) is 0.250. The average Bonchev–Trinajstić information content (AvgIpc) is 2.70. The van der Waals surface area contributed by atoms with E-state index in [0.717, 1.165) is 5.75 Å². The zero-order valence-corrected chi connectivity index (χ0v) is 15.1. The van der Waals surface area contributed by atoms with E-state index in [2.05, 4.69) is 15.8 Å². The fourth-order valence-corrected chi connectivity index (χ4v) is 2.68. The molecule has 1 heterocycles. The van der Waals surface area contributed by atoms with Gasteiger partial charge in [0.25, 0.3) is 5.56 Å². The number of carbonyl (C=O) groups is 1. The Morgan fingerprint density at radius 2 is 1.85 bits per heavy atom. The third kappa shape index (κ3) is 4.63. The highest BCUT2D eigenvalue weighted by atomic mass is 16.5. The van der Waals surface area contributed by atoms with E-state index in [1.165, 1.54) is 4.57 Å². The van der Waals surface area contributed by atoms with E-state index in [1.807, 2.05) is 43.3 Å². The van der Waals surface area contributed by atoms with Gasteiger partial charge in [0.2, 0.25) is 11.9 Å². The van der Waals surface area contributed by atoms with Gasteiger partial charge in [-0.05, 0) is 37.6 Å². The number of hydrogen-bond donors (Lipinski definition) is 2. The van der Waals surface area contributed by atoms with Crippen molar-refractivity contribution < 1.29 is 9.53 Å². The lowest BCUT2D eigenvalue weighted by Crippen LogP contribution is -2.34. The second-order valence-electron chi connectivity index (χ2n) is 5.94. The molecule has 1 amide bonds. The third-order valence-corrected chi connectivity index (χ3v) is 4.05. The van der Waals surface area contributed by atoms with E-state index in [0.29, 0.717) is 42.8 Å². The minimum atomic E-state index is -0.197. The molecule has 2 aromatic carbocycles. The van der Waals surface area contributed by atoms with Crippen molar-refractivity contribution in [1.29, 1.82) is 0 Å². The lowest BCUT2D eigenvalue weighted by Gasteiger charge is -2.14. The monoisotopic (exact) mass is 366 g/mol. The minimum Gasteiger partial charge on any atom is -0.494 e. The molecule has 1 aromatic heterocycles. The topological polar surface area (TPSA) is 85.2 Å². The molecular weight excluding hydrogens is 344 g/mol. The standard InChI is InChI=1S/C20H22N4O3/c1-2-24-19(26)16-11-6-7-12-17(16)21-20(24)23-22-18(25)13-8-14-27-15-9-4-3-5-10-15/h3-7,9-12H,2,8,13-14H2,1H3,(H,21,23)(H,22,25). The van der Waals surface area contributed by atoms with Crippen molar-refractivity contribution in [2.75, 3.05) is 12.0 Å². The number of para-hydroxylation sites is 2. The van der Waals surface area contributed by atoms with Crippen LogP contribution in [0.15, 0.2) is 59.4 Å². The molecule has 7 nitrogen and oxygen atoms in total. The molecule has 3 aromatic rings. The van der Waals surface area contributed by atoms with Crippen molar-refractivity contribution in [3.05, 3.63) is 65.0 Å². The van der Waals surface area contributed by atoms with Crippen LogP contribution in [0.5, 0.6) is 5.75 Å². The van der Waals surface area contributed by atoms with Crippen molar-refractivity contribution in [2.24, 2.45) is 0 Å². The molecule has 7 heteroatoms. The largest absolute Gasteiger partial charge is 0.494 e. The Balaban J connectivity index is 1.54. The number of hydrogen-bond acceptors (Lipinski definition) is 5. The molecule has 0 bridgehead atoms. The Bertz CT molecular complexity index is 970. The second kappa shape index (κ2) is 8.84. The van der Waals surface area contributed by atoms with Crippen LogP contribution in [-0.2, 0) is 11.3 Å². The number of ether oxygens (including phenoxy) is 1. The number of rotatable bonds is 8. The van der Waals surface area contributed by atoms with Crippen molar-refractivity contribution in [3.63, 3.8) is 0 Å². The van der Waals surface area contributed by atoms with Crippen LogP contribution in [0.25, 0.3) is 10.9 Å². The molecule has 0 aliphatic carbocycles. The van der Waals surface area contributed by atoms with Crippen LogP contribution in [0.1, 0.15) is 19.8 Å². The zero-order valence-electron chi connectivity index (χ0n) is 15.1. The van der Waals surface area contributed by atoms with E-state index in [9.17, 15) is 9.59 Å². The van der Waals surface area contributed by atoms with Crippen molar-refractivity contribution >= 4 is 22.8 Å². The van der Waals surface area contributed by atoms with E-state index in [1.54, 1.807) is 18.2 Å². The van der Waals surface area contributed by atoms with Gasteiger partial charge in [0.1, 0.15) is 5.75 Å². The Labute approximate surface area is 157 Å². The van der Waals surface area contributed by atoms with Gasteiger partial charge in [0, 0.05) is 13.0 Å². The van der Waals surface area contributed by atoms with Crippen LogP contribution in [0.4, 0.5) is 5.95 Å². The van der Waals surface area contributed by atoms with Gasteiger partial charge in [-0.2, -0.15) is 0 Å². The molecule has 0 atom stereocenters. The first-order chi connectivity index (χ1) is 13.2. The Morgan fingerprint density at radius 3 is 2.63 bits per heavy atom. The van der Waals surface area contributed by atoms with Crippen LogP contribution in [-0.4, -0.2) is 22.1 Å². The summed E-state index contributed by atoms with van der Waals surface area (Å²) < 4.78 is 7.05. The van der Waals surface area contributed by atoms with E-state index < -0.39 is 0 Å². The zero-order chi connectivity index (χ0) is 19.1. The number of benzene rings is 2. The third-order valence-electron chi connectivity index (χ3n) is 4.05. The Kier molecular flexibility index (Phi) is 6.04. The Hall–Kier alpha value is -3.35. The van der Waals surface area contributed by atoms with Gasteiger partial charge in [-0.15, -0.1) is 0 Å². The lowest BCUT2D eigenvalue weighted by molar-refractivity contribution is -0.120. The van der Waals surface area contributed by atoms with Gasteiger partial charge in [0.15, 0.2) is 0 Å². The molecule has 3 rings (SSSR count). The van der Waals surface area contributed by atoms with Crippen LogP contribution in [0.2, 0.25) is 0 Å². The van der Waals surface area contributed by atoms with Crippen LogP contribution >= 0.6 is 0 Å². The van der Waals surface area contributed by atoms with Gasteiger partial charge in [-0.25, -0.2) is 4.98 Å². The molecular formula is C20H22N4O3. The van der Waals surface area contributed by atoms with Gasteiger partial charge in [-0.3, -0.25) is 25.0 Å². The van der Waals surface area contributed by atoms with Crippen LogP contribution in [0.3, 0.4) is 0 Å². The second-order valence-corrected chi connectivity index (χ2v) is 5.94. The summed E-state index contributed by atoms with van der Waals surface area (Å²) in [5, 5.41) is 0.550. The van der Waals surface area contributed by atoms with Crippen LogP contribution in [0, 0.1) is 0 Å². The molecule has 0 unspecified atom stereocenters. The number of carbonyl (C=O) groups excluding carboxylic acids is 1. The molecule has 0 saturated heterocycles. The summed E-state index contributed by atoms with van der Waals surface area (Å²) in [6, 6.07) is 16.6. The average molecular weight is 366 g/mol. The summed E-state index contributed by atoms with van der Waals surface area (Å²) >= 11 is 0. The summed E-state index contributed by atoms with van der Waals surface area (Å²) in [6.07, 6.45) is 0.873. The van der Waals surface area contributed by atoms with Gasteiger partial charge in [-0.1, -0.05) is 30.3 Å². The molecule has 2 N–H and O–H groups in total. The molecule has 0 spiro atoms. The van der Waals surface area contributed by atoms with Crippen molar-refractivity contribution in [2.45, 2.75) is 26.3 Å². The fourth-order valence-electron chi connectivity index (χ4n) is 2.68. The maximum atomic E-state index is 12.5. The highest BCUT2D eigenvalue weighted by molar-refractivity contribution is 5.79. The number of nitrogens with one attached hydrogen (secondary N) is 2. The number of hydrazine groups is 1. The maximum absolute atomic E-state index is 12.5. The molecule has 0 aliphatic heterocycles. The summed E-state index contributed by atoms with van der Waals surface area (Å²) in [4.78, 5) is 29.0. The molecule has 140 valence electrons. The maximum Gasteiger partial charge on any atom is 0.262 e. The van der Waals surface area contributed by atoms with Gasteiger partial charge < -0.3 is 4.74 Å². The predicted octanol–water partition coefficient (Wildman–Crippen LogP) is 2.72. The first kappa shape index (κ1) is 18.4. The number of nitrogens with zero attached hydrogens (tertiary/aromatic N) is 2. The number of amides is 1. The van der Waals surface area contributed by atoms with Gasteiger partial charge in [0.05, 0.1) is 17.5 Å². The predicted molar refractivity (Wildman–Crippen MR) is 105 cm³/mol. The highest BCUT2D eigenvalue weighted by Gasteiger charge is 2.10. The van der Waals surface area contributed by atoms with Crippen LogP contribution < -0.4 is 21.1 Å². The first-order valence-corrected chi connectivity index (χ1v) is 8.91. The normalized spacial score (nSPS) is 10.6. The summed E-state index contributed by atoms with van der Waals surface area (Å²) in [7, 11) is 0. The lowest BCUT2D eigenvalue weighted by atomic mass is 10.2. The molecule has 0 aliphatic rings. The smallest absolute Gasteiger partial charge is 0.262 e. The molecule has 27 heavy (non-hydrogen) atoms. The number of anilines is 1. The van der Waals surface area contributed by atoms with E-state index in [4.69, 9.17) is 4.74 Å². The van der Waals surface area contributed by atoms with Crippen molar-refractivity contribution in [3.8, 4) is 5.75 Å². The highest BCUT2D eigenvalue weighted by Crippen LogP contribution is 2.11. The van der Waals surface area contributed by atoms with E-state index >= 15 is 0 Å². The Morgan fingerprint density at radius 1 is 1.11 bits per heavy atom. The molecule has 0 fully saturated rings. The first-order valence-electron chi connectivity index (χ1n) is 8.91. The molecule has 0 radical (unpaired) electrons. The SMILES string of the molecule is CCn1c(NNC(=O)CCCOc2ccccc2)nc2ccccc2c1=O. The summed E-state index contributed by atoms with van der Waals surface area (Å²) in [6.45, 7) is 2.75. The number of aromatic nitrogens is 2. The minimum absolute atomic E-state index is 0.142. The van der Waals surface area contributed by atoms with Gasteiger partial charge >= 0.3 is 0 Å². The number of fused-ring (bicyclic) bond motifs is 1. The quantitative estimate of drug-likeness (QED) is 0.473. The summed E-state index contributed by atoms with van der Waals surface area (Å²) in [5.41, 5.74) is 5.81. The van der Waals surface area contributed by atoms with Crippen molar-refractivity contribution in [1.82, 2.24) is 15.0 Å². The molecule has 0 saturated carbocycles. The summed E-state index contributed by atoms with van der Waals surface area (Å²) in [5.74, 6) is 0.898.